The Kier molecular flexibility index (Phi) is 7.91. The van der Waals surface area contributed by atoms with Crippen molar-refractivity contribution in [3.05, 3.63) is 24.3 Å². The number of benzene rings is 1. The van der Waals surface area contributed by atoms with Crippen LogP contribution < -0.4 is 20.3 Å². The van der Waals surface area contributed by atoms with E-state index >= 15 is 0 Å². The smallest absolute Gasteiger partial charge is 0.314 e. The predicted octanol–water partition coefficient (Wildman–Crippen LogP) is 1.69. The molecule has 1 atom stereocenters. The first-order valence-electron chi connectivity index (χ1n) is 9.24. The van der Waals surface area contributed by atoms with Crippen molar-refractivity contribution in [2.75, 3.05) is 37.7 Å². The monoisotopic (exact) mass is 377 g/mol. The Morgan fingerprint density at radius 3 is 2.56 bits per heavy atom. The van der Waals surface area contributed by atoms with E-state index in [-0.39, 0.29) is 36.8 Å². The summed E-state index contributed by atoms with van der Waals surface area (Å²) in [4.78, 5) is 37.0. The maximum atomic E-state index is 12.3. The van der Waals surface area contributed by atoms with E-state index in [0.29, 0.717) is 32.7 Å². The van der Waals surface area contributed by atoms with Crippen LogP contribution in [0.3, 0.4) is 0 Å². The molecule has 148 valence electrons. The SMILES string of the molecule is CCOC(=O)CCNC(=O)NC[C@@H]1CC(=O)N(c2ccc(OCC)cc2)C1. The molecule has 1 saturated heterocycles. The van der Waals surface area contributed by atoms with Gasteiger partial charge in [0, 0.05) is 37.7 Å². The molecule has 1 aromatic carbocycles. The molecule has 0 unspecified atom stereocenters. The highest BCUT2D eigenvalue weighted by Crippen LogP contribution is 2.26. The van der Waals surface area contributed by atoms with E-state index in [2.05, 4.69) is 10.6 Å². The van der Waals surface area contributed by atoms with Crippen LogP contribution in [0.25, 0.3) is 0 Å². The van der Waals surface area contributed by atoms with Crippen molar-refractivity contribution in [1.29, 1.82) is 0 Å². The van der Waals surface area contributed by atoms with Gasteiger partial charge in [-0.05, 0) is 38.1 Å². The van der Waals surface area contributed by atoms with Crippen molar-refractivity contribution >= 4 is 23.6 Å². The van der Waals surface area contributed by atoms with Gasteiger partial charge in [0.05, 0.1) is 19.6 Å². The molecule has 0 aromatic heterocycles. The zero-order chi connectivity index (χ0) is 19.6. The summed E-state index contributed by atoms with van der Waals surface area (Å²) in [6, 6.07) is 7.05. The van der Waals surface area contributed by atoms with Gasteiger partial charge in [0.25, 0.3) is 0 Å². The summed E-state index contributed by atoms with van der Waals surface area (Å²) < 4.78 is 10.2. The van der Waals surface area contributed by atoms with E-state index in [1.165, 1.54) is 0 Å². The minimum atomic E-state index is -0.355. The molecule has 3 amide bonds. The largest absolute Gasteiger partial charge is 0.494 e. The number of rotatable bonds is 9. The number of anilines is 1. The Bertz CT molecular complexity index is 647. The zero-order valence-electron chi connectivity index (χ0n) is 15.8. The number of esters is 1. The van der Waals surface area contributed by atoms with Crippen LogP contribution in [0.5, 0.6) is 5.75 Å². The first kappa shape index (κ1) is 20.5. The van der Waals surface area contributed by atoms with Crippen LogP contribution in [0.1, 0.15) is 26.7 Å². The third kappa shape index (κ3) is 6.47. The summed E-state index contributed by atoms with van der Waals surface area (Å²) in [6.07, 6.45) is 0.519. The molecule has 2 rings (SSSR count). The highest BCUT2D eigenvalue weighted by molar-refractivity contribution is 5.95. The fraction of sp³-hybridized carbons (Fsp3) is 0.526. The molecule has 8 heteroatoms. The lowest BCUT2D eigenvalue weighted by atomic mass is 10.1. The molecule has 1 heterocycles. The average molecular weight is 377 g/mol. The first-order valence-corrected chi connectivity index (χ1v) is 9.24. The number of nitrogens with one attached hydrogen (secondary N) is 2. The molecule has 1 aliphatic rings. The fourth-order valence-electron chi connectivity index (χ4n) is 2.87. The lowest BCUT2D eigenvalue weighted by Gasteiger charge is -2.17. The van der Waals surface area contributed by atoms with E-state index in [1.807, 2.05) is 31.2 Å². The molecule has 0 saturated carbocycles. The van der Waals surface area contributed by atoms with Gasteiger partial charge in [-0.15, -0.1) is 0 Å². The zero-order valence-corrected chi connectivity index (χ0v) is 15.8. The second-order valence-electron chi connectivity index (χ2n) is 6.19. The van der Waals surface area contributed by atoms with E-state index in [4.69, 9.17) is 9.47 Å². The maximum Gasteiger partial charge on any atom is 0.314 e. The standard InChI is InChI=1S/C19H27N3O5/c1-3-26-16-7-5-15(6-8-16)22-13-14(11-17(22)23)12-21-19(25)20-10-9-18(24)27-4-2/h5-8,14H,3-4,9-13H2,1-2H3,(H2,20,21,25)/t14-/m0/s1. The quantitative estimate of drug-likeness (QED) is 0.639. The van der Waals surface area contributed by atoms with Gasteiger partial charge in [-0.25, -0.2) is 4.79 Å². The normalized spacial score (nSPS) is 16.1. The van der Waals surface area contributed by atoms with E-state index < -0.39 is 0 Å². The number of hydrogen-bond acceptors (Lipinski definition) is 5. The topological polar surface area (TPSA) is 97.0 Å². The number of ether oxygens (including phenoxy) is 2. The Labute approximate surface area is 159 Å². The van der Waals surface area contributed by atoms with Gasteiger partial charge in [-0.1, -0.05) is 0 Å². The number of hydrogen-bond donors (Lipinski definition) is 2. The van der Waals surface area contributed by atoms with Crippen molar-refractivity contribution in [2.45, 2.75) is 26.7 Å². The molecule has 8 nitrogen and oxygen atoms in total. The average Bonchev–Trinajstić information content (AvgIpc) is 3.02. The van der Waals surface area contributed by atoms with Crippen molar-refractivity contribution in [2.24, 2.45) is 5.92 Å². The van der Waals surface area contributed by atoms with Gasteiger partial charge in [-0.3, -0.25) is 9.59 Å². The van der Waals surface area contributed by atoms with Gasteiger partial charge in [0.2, 0.25) is 5.91 Å². The van der Waals surface area contributed by atoms with Gasteiger partial charge in [-0.2, -0.15) is 0 Å². The molecule has 1 aliphatic heterocycles. The molecule has 1 fully saturated rings. The van der Waals surface area contributed by atoms with E-state index in [1.54, 1.807) is 11.8 Å². The summed E-state index contributed by atoms with van der Waals surface area (Å²) in [5, 5.41) is 5.35. The van der Waals surface area contributed by atoms with Crippen LogP contribution >= 0.6 is 0 Å². The molecule has 0 radical (unpaired) electrons. The highest BCUT2D eigenvalue weighted by atomic mass is 16.5. The van der Waals surface area contributed by atoms with Gasteiger partial charge in [0.15, 0.2) is 0 Å². The number of carbonyl (C=O) groups is 3. The van der Waals surface area contributed by atoms with Crippen molar-refractivity contribution in [1.82, 2.24) is 10.6 Å². The van der Waals surface area contributed by atoms with Crippen LogP contribution in [0.15, 0.2) is 24.3 Å². The molecular weight excluding hydrogens is 350 g/mol. The Morgan fingerprint density at radius 2 is 1.89 bits per heavy atom. The summed E-state index contributed by atoms with van der Waals surface area (Å²) in [5.74, 6) is 0.504. The third-order valence-corrected chi connectivity index (χ3v) is 4.14. The molecule has 0 bridgehead atoms. The number of amides is 3. The lowest BCUT2D eigenvalue weighted by molar-refractivity contribution is -0.142. The minimum Gasteiger partial charge on any atom is -0.494 e. The third-order valence-electron chi connectivity index (χ3n) is 4.14. The van der Waals surface area contributed by atoms with E-state index in [9.17, 15) is 14.4 Å². The van der Waals surface area contributed by atoms with Crippen molar-refractivity contribution < 1.29 is 23.9 Å². The summed E-state index contributed by atoms with van der Waals surface area (Å²) in [6.45, 7) is 5.73. The van der Waals surface area contributed by atoms with Gasteiger partial charge in [0.1, 0.15) is 5.75 Å². The first-order chi connectivity index (χ1) is 13.0. The molecular formula is C19H27N3O5. The molecule has 2 N–H and O–H groups in total. The predicted molar refractivity (Wildman–Crippen MR) is 101 cm³/mol. The lowest BCUT2D eigenvalue weighted by Crippen LogP contribution is -2.39. The Morgan fingerprint density at radius 1 is 1.15 bits per heavy atom. The van der Waals surface area contributed by atoms with Crippen LogP contribution in [0.4, 0.5) is 10.5 Å². The van der Waals surface area contributed by atoms with Crippen LogP contribution in [0, 0.1) is 5.92 Å². The van der Waals surface area contributed by atoms with Crippen LogP contribution in [0.2, 0.25) is 0 Å². The highest BCUT2D eigenvalue weighted by Gasteiger charge is 2.30. The second kappa shape index (κ2) is 10.4. The number of carbonyl (C=O) groups excluding carboxylic acids is 3. The molecule has 0 aliphatic carbocycles. The Balaban J connectivity index is 1.73. The number of nitrogens with zero attached hydrogens (tertiary/aromatic N) is 1. The fourth-order valence-corrected chi connectivity index (χ4v) is 2.87. The van der Waals surface area contributed by atoms with Crippen molar-refractivity contribution in [3.63, 3.8) is 0 Å². The number of urea groups is 1. The Hall–Kier alpha value is -2.77. The molecule has 27 heavy (non-hydrogen) atoms. The molecule has 1 aromatic rings. The van der Waals surface area contributed by atoms with E-state index in [0.717, 1.165) is 11.4 Å². The second-order valence-corrected chi connectivity index (χ2v) is 6.19. The van der Waals surface area contributed by atoms with Crippen molar-refractivity contribution in [3.8, 4) is 5.75 Å². The van der Waals surface area contributed by atoms with Gasteiger partial charge < -0.3 is 25.0 Å². The van der Waals surface area contributed by atoms with Crippen LogP contribution in [-0.2, 0) is 14.3 Å². The molecule has 0 spiro atoms. The summed E-state index contributed by atoms with van der Waals surface area (Å²) >= 11 is 0. The van der Waals surface area contributed by atoms with Gasteiger partial charge >= 0.3 is 12.0 Å². The summed E-state index contributed by atoms with van der Waals surface area (Å²) in [5.41, 5.74) is 0.824. The maximum absolute atomic E-state index is 12.3. The summed E-state index contributed by atoms with van der Waals surface area (Å²) in [7, 11) is 0. The van der Waals surface area contributed by atoms with Crippen LogP contribution in [-0.4, -0.2) is 50.8 Å². The minimum absolute atomic E-state index is 0.0358.